The van der Waals surface area contributed by atoms with E-state index in [-0.39, 0.29) is 6.10 Å². The average molecular weight is 299 g/mol. The molecule has 0 saturated carbocycles. The van der Waals surface area contributed by atoms with Gasteiger partial charge in [-0.2, -0.15) is 0 Å². The number of ether oxygens (including phenoxy) is 1. The van der Waals surface area contributed by atoms with E-state index in [1.165, 1.54) is 20.8 Å². The Morgan fingerprint density at radius 2 is 2.00 bits per heavy atom. The summed E-state index contributed by atoms with van der Waals surface area (Å²) in [5.41, 5.74) is 2.83. The van der Waals surface area contributed by atoms with Crippen LogP contribution in [0.25, 0.3) is 0 Å². The Kier molecular flexibility index (Phi) is 3.30. The van der Waals surface area contributed by atoms with E-state index in [9.17, 15) is 0 Å². The minimum atomic E-state index is -1.24. The van der Waals surface area contributed by atoms with Crippen molar-refractivity contribution < 1.29 is 4.74 Å². The highest BCUT2D eigenvalue weighted by molar-refractivity contribution is 9.10. The maximum Gasteiger partial charge on any atom is 0.0799 e. The maximum atomic E-state index is 5.72. The van der Waals surface area contributed by atoms with Gasteiger partial charge in [-0.1, -0.05) is 46.8 Å². The van der Waals surface area contributed by atoms with E-state index in [2.05, 4.69) is 54.6 Å². The van der Waals surface area contributed by atoms with Crippen LogP contribution in [0, 0.1) is 0 Å². The van der Waals surface area contributed by atoms with Gasteiger partial charge in [0, 0.05) is 4.47 Å². The largest absolute Gasteiger partial charge is 0.373 e. The molecule has 3 heteroatoms. The van der Waals surface area contributed by atoms with Gasteiger partial charge in [-0.3, -0.25) is 0 Å². The molecule has 1 nitrogen and oxygen atoms in total. The first-order valence-corrected chi connectivity index (χ1v) is 10.1. The number of fused-ring (bicyclic) bond motifs is 1. The van der Waals surface area contributed by atoms with Crippen LogP contribution in [0.15, 0.2) is 16.6 Å². The zero-order valence-electron chi connectivity index (χ0n) is 10.4. The quantitative estimate of drug-likeness (QED) is 0.720. The molecule has 0 spiro atoms. The lowest BCUT2D eigenvalue weighted by Gasteiger charge is -2.27. The second-order valence-corrected chi connectivity index (χ2v) is 11.5. The molecule has 1 unspecified atom stereocenters. The molecule has 0 bridgehead atoms. The Bertz CT molecular complexity index is 409. The van der Waals surface area contributed by atoms with Crippen LogP contribution >= 0.6 is 15.9 Å². The van der Waals surface area contributed by atoms with Gasteiger partial charge in [-0.15, -0.1) is 0 Å². The number of hydrogen-bond donors (Lipinski definition) is 0. The average Bonchev–Trinajstić information content (AvgIpc) is 2.18. The fourth-order valence-electron chi connectivity index (χ4n) is 2.14. The predicted octanol–water partition coefficient (Wildman–Crippen LogP) is 3.63. The highest BCUT2D eigenvalue weighted by Gasteiger charge is 2.24. The van der Waals surface area contributed by atoms with Crippen molar-refractivity contribution in [3.8, 4) is 0 Å². The van der Waals surface area contributed by atoms with Gasteiger partial charge in [-0.05, 0) is 30.5 Å². The van der Waals surface area contributed by atoms with Crippen molar-refractivity contribution in [3.05, 3.63) is 27.7 Å². The first-order chi connectivity index (χ1) is 7.39. The van der Waals surface area contributed by atoms with Crippen molar-refractivity contribution in [2.45, 2.75) is 39.1 Å². The molecule has 0 fully saturated rings. The molecule has 1 aliphatic heterocycles. The van der Waals surface area contributed by atoms with Gasteiger partial charge in [0.05, 0.1) is 20.8 Å². The molecule has 1 aromatic rings. The maximum absolute atomic E-state index is 5.72. The second-order valence-electron chi connectivity index (χ2n) is 5.54. The molecule has 0 N–H and O–H groups in total. The summed E-state index contributed by atoms with van der Waals surface area (Å²) in [6.07, 6.45) is 1.28. The van der Waals surface area contributed by atoms with Crippen LogP contribution in [0.3, 0.4) is 0 Å². The summed E-state index contributed by atoms with van der Waals surface area (Å²) in [5, 5.41) is 1.51. The van der Waals surface area contributed by atoms with Gasteiger partial charge in [-0.25, -0.2) is 0 Å². The minimum Gasteiger partial charge on any atom is -0.373 e. The summed E-state index contributed by atoms with van der Waals surface area (Å²) in [7, 11) is -1.24. The van der Waals surface area contributed by atoms with E-state index in [1.54, 1.807) is 0 Å². The van der Waals surface area contributed by atoms with Crippen molar-refractivity contribution in [1.29, 1.82) is 0 Å². The Balaban J connectivity index is 2.55. The zero-order valence-corrected chi connectivity index (χ0v) is 13.0. The van der Waals surface area contributed by atoms with Crippen LogP contribution in [-0.2, 0) is 11.2 Å². The fraction of sp³-hybridized carbons (Fsp3) is 0.538. The summed E-state index contributed by atoms with van der Waals surface area (Å²) in [6, 6.07) is 4.69. The van der Waals surface area contributed by atoms with Crippen molar-refractivity contribution >= 4 is 29.2 Å². The monoisotopic (exact) mass is 298 g/mol. The third-order valence-electron chi connectivity index (χ3n) is 3.25. The van der Waals surface area contributed by atoms with E-state index in [4.69, 9.17) is 4.74 Å². The molecule has 0 radical (unpaired) electrons. The topological polar surface area (TPSA) is 9.23 Å². The SMILES string of the molecule is CC1OCCc2c(Br)cc([Si](C)(C)C)cc21. The number of hydrogen-bond acceptors (Lipinski definition) is 1. The van der Waals surface area contributed by atoms with E-state index in [1.807, 2.05) is 0 Å². The minimum absolute atomic E-state index is 0.247. The van der Waals surface area contributed by atoms with Gasteiger partial charge in [0.2, 0.25) is 0 Å². The molecule has 16 heavy (non-hydrogen) atoms. The third-order valence-corrected chi connectivity index (χ3v) is 5.98. The Morgan fingerprint density at radius 3 is 2.62 bits per heavy atom. The molecule has 1 atom stereocenters. The van der Waals surface area contributed by atoms with Crippen LogP contribution in [0.4, 0.5) is 0 Å². The van der Waals surface area contributed by atoms with E-state index in [0.29, 0.717) is 0 Å². The predicted molar refractivity (Wildman–Crippen MR) is 75.2 cm³/mol. The molecule has 1 heterocycles. The molecular formula is C13H19BrOSi. The molecular weight excluding hydrogens is 280 g/mol. The second kappa shape index (κ2) is 4.28. The van der Waals surface area contributed by atoms with Crippen LogP contribution in [0.5, 0.6) is 0 Å². The standard InChI is InChI=1S/C13H19BrOSi/c1-9-12-7-10(16(2,3)4)8-13(14)11(12)5-6-15-9/h7-9H,5-6H2,1-4H3. The molecule has 2 rings (SSSR count). The van der Waals surface area contributed by atoms with Crippen molar-refractivity contribution in [3.63, 3.8) is 0 Å². The van der Waals surface area contributed by atoms with E-state index >= 15 is 0 Å². The van der Waals surface area contributed by atoms with Crippen molar-refractivity contribution in [2.24, 2.45) is 0 Å². The Morgan fingerprint density at radius 1 is 1.31 bits per heavy atom. The van der Waals surface area contributed by atoms with E-state index in [0.717, 1.165) is 13.0 Å². The Hall–Kier alpha value is -0.123. The lowest BCUT2D eigenvalue weighted by atomic mass is 9.98. The van der Waals surface area contributed by atoms with Crippen LogP contribution in [0.2, 0.25) is 19.6 Å². The molecule has 1 aromatic carbocycles. The zero-order chi connectivity index (χ0) is 11.9. The smallest absolute Gasteiger partial charge is 0.0799 e. The summed E-state index contributed by atoms with van der Waals surface area (Å²) in [5.74, 6) is 0. The molecule has 0 aliphatic carbocycles. The Labute approximate surface area is 107 Å². The van der Waals surface area contributed by atoms with Gasteiger partial charge in [0.25, 0.3) is 0 Å². The molecule has 0 aromatic heterocycles. The first-order valence-electron chi connectivity index (χ1n) is 5.84. The highest BCUT2D eigenvalue weighted by atomic mass is 79.9. The summed E-state index contributed by atoms with van der Waals surface area (Å²) >= 11 is 3.72. The molecule has 1 aliphatic rings. The molecule has 88 valence electrons. The van der Waals surface area contributed by atoms with Gasteiger partial charge in [0.1, 0.15) is 0 Å². The van der Waals surface area contributed by atoms with E-state index < -0.39 is 8.07 Å². The van der Waals surface area contributed by atoms with Gasteiger partial charge >= 0.3 is 0 Å². The summed E-state index contributed by atoms with van der Waals surface area (Å²) < 4.78 is 7.00. The van der Waals surface area contributed by atoms with Crippen LogP contribution in [0.1, 0.15) is 24.2 Å². The first kappa shape index (κ1) is 12.3. The number of benzene rings is 1. The normalized spacial score (nSPS) is 20.7. The lowest BCUT2D eigenvalue weighted by Crippen LogP contribution is -2.38. The number of rotatable bonds is 1. The lowest BCUT2D eigenvalue weighted by molar-refractivity contribution is 0.0554. The van der Waals surface area contributed by atoms with Crippen molar-refractivity contribution in [2.75, 3.05) is 6.61 Å². The number of halogens is 1. The van der Waals surface area contributed by atoms with Gasteiger partial charge < -0.3 is 4.74 Å². The third kappa shape index (κ3) is 2.26. The summed E-state index contributed by atoms with van der Waals surface area (Å²) in [4.78, 5) is 0. The van der Waals surface area contributed by atoms with Crippen LogP contribution < -0.4 is 5.19 Å². The molecule has 0 saturated heterocycles. The highest BCUT2D eigenvalue weighted by Crippen LogP contribution is 2.31. The van der Waals surface area contributed by atoms with Crippen LogP contribution in [-0.4, -0.2) is 14.7 Å². The van der Waals surface area contributed by atoms with Gasteiger partial charge in [0.15, 0.2) is 0 Å². The molecule has 0 amide bonds. The van der Waals surface area contributed by atoms with Crippen molar-refractivity contribution in [1.82, 2.24) is 0 Å². The summed E-state index contributed by atoms with van der Waals surface area (Å²) in [6.45, 7) is 10.2. The fourth-order valence-corrected chi connectivity index (χ4v) is 4.20.